The smallest absolute Gasteiger partial charge is 0.261 e. The maximum atomic E-state index is 12.5. The van der Waals surface area contributed by atoms with E-state index in [-0.39, 0.29) is 17.4 Å². The summed E-state index contributed by atoms with van der Waals surface area (Å²) in [5.41, 5.74) is 1.10. The number of carbonyl (C=O) groups is 1. The molecule has 3 rings (SSSR count). The SMILES string of the molecule is C[C@@H](NC(=O)c1ccc(-c2ccc(Oc3ccccc3)cc2)s1)C(C)(C)C. The number of rotatable bonds is 5. The van der Waals surface area contributed by atoms with Gasteiger partial charge in [0.05, 0.1) is 4.88 Å². The Morgan fingerprint density at radius 2 is 1.56 bits per heavy atom. The Kier molecular flexibility index (Phi) is 5.66. The molecular weight excluding hydrogens is 354 g/mol. The Bertz CT molecular complexity index is 892. The van der Waals surface area contributed by atoms with Crippen LogP contribution < -0.4 is 10.1 Å². The van der Waals surface area contributed by atoms with Crippen molar-refractivity contribution in [3.63, 3.8) is 0 Å². The fraction of sp³-hybridized carbons (Fsp3) is 0.261. The summed E-state index contributed by atoms with van der Waals surface area (Å²) in [5, 5.41) is 3.09. The minimum atomic E-state index is -0.0160. The highest BCUT2D eigenvalue weighted by atomic mass is 32.1. The van der Waals surface area contributed by atoms with Crippen LogP contribution in [0, 0.1) is 5.41 Å². The molecule has 4 heteroatoms. The zero-order chi connectivity index (χ0) is 19.4. The first-order valence-electron chi connectivity index (χ1n) is 9.07. The topological polar surface area (TPSA) is 38.3 Å². The van der Waals surface area contributed by atoms with E-state index in [4.69, 9.17) is 4.74 Å². The lowest BCUT2D eigenvalue weighted by molar-refractivity contribution is 0.0914. The second kappa shape index (κ2) is 7.97. The van der Waals surface area contributed by atoms with Crippen molar-refractivity contribution in [2.45, 2.75) is 33.7 Å². The largest absolute Gasteiger partial charge is 0.457 e. The average molecular weight is 380 g/mol. The predicted molar refractivity (Wildman–Crippen MR) is 113 cm³/mol. The van der Waals surface area contributed by atoms with Gasteiger partial charge in [-0.3, -0.25) is 4.79 Å². The standard InChI is InChI=1S/C23H25NO2S/c1-16(23(2,3)4)24-22(25)21-15-14-20(27-21)17-10-12-19(13-11-17)26-18-8-6-5-7-9-18/h5-16H,1-4H3,(H,24,25)/t16-/m1/s1. The van der Waals surface area contributed by atoms with Gasteiger partial charge in [0.1, 0.15) is 11.5 Å². The molecule has 0 saturated carbocycles. The van der Waals surface area contributed by atoms with Gasteiger partial charge < -0.3 is 10.1 Å². The van der Waals surface area contributed by atoms with Gasteiger partial charge in [-0.2, -0.15) is 0 Å². The van der Waals surface area contributed by atoms with Crippen molar-refractivity contribution in [3.8, 4) is 21.9 Å². The van der Waals surface area contributed by atoms with E-state index >= 15 is 0 Å². The lowest BCUT2D eigenvalue weighted by Gasteiger charge is -2.27. The Morgan fingerprint density at radius 1 is 0.926 bits per heavy atom. The van der Waals surface area contributed by atoms with E-state index < -0.39 is 0 Å². The van der Waals surface area contributed by atoms with E-state index in [9.17, 15) is 4.79 Å². The summed E-state index contributed by atoms with van der Waals surface area (Å²) < 4.78 is 5.83. The maximum Gasteiger partial charge on any atom is 0.261 e. The molecule has 0 spiro atoms. The molecule has 0 unspecified atom stereocenters. The number of para-hydroxylation sites is 1. The summed E-state index contributed by atoms with van der Waals surface area (Å²) in [6, 6.07) is 21.6. The molecule has 0 radical (unpaired) electrons. The molecule has 3 aromatic rings. The van der Waals surface area contributed by atoms with Crippen LogP contribution >= 0.6 is 11.3 Å². The number of thiophene rings is 1. The molecule has 0 aliphatic rings. The Morgan fingerprint density at radius 3 is 2.19 bits per heavy atom. The normalized spacial score (nSPS) is 12.4. The Balaban J connectivity index is 1.68. The number of amides is 1. The lowest BCUT2D eigenvalue weighted by atomic mass is 9.88. The molecule has 0 aliphatic carbocycles. The summed E-state index contributed by atoms with van der Waals surface area (Å²) in [6.45, 7) is 8.41. The van der Waals surface area contributed by atoms with Crippen LogP contribution in [0.25, 0.3) is 10.4 Å². The molecule has 1 atom stereocenters. The van der Waals surface area contributed by atoms with Crippen LogP contribution in [0.15, 0.2) is 66.7 Å². The van der Waals surface area contributed by atoms with Gasteiger partial charge in [-0.25, -0.2) is 0 Å². The molecule has 2 aromatic carbocycles. The van der Waals surface area contributed by atoms with Crippen molar-refractivity contribution >= 4 is 17.2 Å². The van der Waals surface area contributed by atoms with E-state index in [2.05, 4.69) is 26.1 Å². The van der Waals surface area contributed by atoms with Gasteiger partial charge in [-0.05, 0) is 66.4 Å². The van der Waals surface area contributed by atoms with Crippen molar-refractivity contribution in [3.05, 3.63) is 71.6 Å². The zero-order valence-corrected chi connectivity index (χ0v) is 17.0. The highest BCUT2D eigenvalue weighted by Gasteiger charge is 2.22. The third-order valence-electron chi connectivity index (χ3n) is 4.59. The fourth-order valence-corrected chi connectivity index (χ4v) is 3.33. The number of carbonyl (C=O) groups excluding carboxylic acids is 1. The van der Waals surface area contributed by atoms with Gasteiger partial charge in [0, 0.05) is 10.9 Å². The van der Waals surface area contributed by atoms with E-state index in [0.717, 1.165) is 26.8 Å². The van der Waals surface area contributed by atoms with Gasteiger partial charge in [-0.1, -0.05) is 39.0 Å². The minimum absolute atomic E-state index is 0.0160. The summed E-state index contributed by atoms with van der Waals surface area (Å²) in [6.07, 6.45) is 0. The molecule has 1 amide bonds. The fourth-order valence-electron chi connectivity index (χ4n) is 2.41. The van der Waals surface area contributed by atoms with Gasteiger partial charge in [-0.15, -0.1) is 11.3 Å². The van der Waals surface area contributed by atoms with Crippen LogP contribution in [-0.4, -0.2) is 11.9 Å². The highest BCUT2D eigenvalue weighted by Crippen LogP contribution is 2.31. The van der Waals surface area contributed by atoms with Gasteiger partial charge >= 0.3 is 0 Å². The molecule has 1 heterocycles. The molecule has 0 bridgehead atoms. The van der Waals surface area contributed by atoms with Crippen LogP contribution in [0.2, 0.25) is 0 Å². The quantitative estimate of drug-likeness (QED) is 0.559. The monoisotopic (exact) mass is 379 g/mol. The van der Waals surface area contributed by atoms with E-state index in [0.29, 0.717) is 0 Å². The second-order valence-corrected chi connectivity index (χ2v) is 8.75. The molecule has 1 N–H and O–H groups in total. The summed E-state index contributed by atoms with van der Waals surface area (Å²) >= 11 is 1.50. The van der Waals surface area contributed by atoms with Crippen molar-refractivity contribution in [1.29, 1.82) is 0 Å². The number of ether oxygens (including phenoxy) is 1. The zero-order valence-electron chi connectivity index (χ0n) is 16.2. The molecule has 0 aliphatic heterocycles. The molecule has 0 fully saturated rings. The van der Waals surface area contributed by atoms with Crippen LogP contribution in [-0.2, 0) is 0 Å². The maximum absolute atomic E-state index is 12.5. The van der Waals surface area contributed by atoms with Crippen molar-refractivity contribution in [2.75, 3.05) is 0 Å². The first-order valence-corrected chi connectivity index (χ1v) is 9.88. The first-order chi connectivity index (χ1) is 12.8. The van der Waals surface area contributed by atoms with Gasteiger partial charge in [0.25, 0.3) is 5.91 Å². The van der Waals surface area contributed by atoms with Gasteiger partial charge in [0.15, 0.2) is 0 Å². The van der Waals surface area contributed by atoms with Crippen molar-refractivity contribution in [1.82, 2.24) is 5.32 Å². The second-order valence-electron chi connectivity index (χ2n) is 7.66. The summed E-state index contributed by atoms with van der Waals surface area (Å²) in [5.74, 6) is 1.59. The molecular formula is C23H25NO2S. The van der Waals surface area contributed by atoms with Crippen LogP contribution in [0.3, 0.4) is 0 Å². The van der Waals surface area contributed by atoms with Crippen molar-refractivity contribution < 1.29 is 9.53 Å². The van der Waals surface area contributed by atoms with Crippen molar-refractivity contribution in [2.24, 2.45) is 5.41 Å². The Hall–Kier alpha value is -2.59. The summed E-state index contributed by atoms with van der Waals surface area (Å²) in [7, 11) is 0. The van der Waals surface area contributed by atoms with Crippen LogP contribution in [0.5, 0.6) is 11.5 Å². The first kappa shape index (κ1) is 19.2. The van der Waals surface area contributed by atoms with Crippen LogP contribution in [0.4, 0.5) is 0 Å². The number of nitrogens with one attached hydrogen (secondary N) is 1. The summed E-state index contributed by atoms with van der Waals surface area (Å²) in [4.78, 5) is 14.3. The Labute approximate surface area is 165 Å². The molecule has 27 heavy (non-hydrogen) atoms. The molecule has 3 nitrogen and oxygen atoms in total. The van der Waals surface area contributed by atoms with Gasteiger partial charge in [0.2, 0.25) is 0 Å². The molecule has 140 valence electrons. The third-order valence-corrected chi connectivity index (χ3v) is 5.73. The number of hydrogen-bond donors (Lipinski definition) is 1. The number of benzene rings is 2. The van der Waals surface area contributed by atoms with E-state index in [1.54, 1.807) is 0 Å². The highest BCUT2D eigenvalue weighted by molar-refractivity contribution is 7.17. The molecule has 1 aromatic heterocycles. The number of hydrogen-bond acceptors (Lipinski definition) is 3. The average Bonchev–Trinajstić information content (AvgIpc) is 3.13. The molecule has 0 saturated heterocycles. The van der Waals surface area contributed by atoms with E-state index in [1.165, 1.54) is 11.3 Å². The van der Waals surface area contributed by atoms with Crippen LogP contribution in [0.1, 0.15) is 37.4 Å². The minimum Gasteiger partial charge on any atom is -0.457 e. The third kappa shape index (κ3) is 4.98. The lowest BCUT2D eigenvalue weighted by Crippen LogP contribution is -2.41. The predicted octanol–water partition coefficient (Wildman–Crippen LogP) is 6.37. The van der Waals surface area contributed by atoms with E-state index in [1.807, 2.05) is 73.7 Å².